The van der Waals surface area contributed by atoms with Crippen LogP contribution >= 0.6 is 7.82 Å². The average molecular weight is 1310 g/mol. The van der Waals surface area contributed by atoms with Gasteiger partial charge in [-0.05, 0) is 38.0 Å². The zero-order valence-electron chi connectivity index (χ0n) is 53.6. The van der Waals surface area contributed by atoms with Gasteiger partial charge in [0.25, 0.3) is 0 Å². The van der Waals surface area contributed by atoms with E-state index in [1.54, 1.807) is 0 Å². The Labute approximate surface area is 549 Å². The van der Waals surface area contributed by atoms with Crippen LogP contribution in [0.3, 0.4) is 0 Å². The Morgan fingerprint density at radius 2 is 0.910 bits per heavy atom. The van der Waals surface area contributed by atoms with E-state index in [2.05, 4.69) is 18.8 Å². The maximum absolute atomic E-state index is 12.9. The van der Waals surface area contributed by atoms with Crippen molar-refractivity contribution in [3.8, 4) is 0 Å². The van der Waals surface area contributed by atoms with Gasteiger partial charge in [-0.15, -0.1) is 0 Å². The molecule has 3 heterocycles. The smallest absolute Gasteiger partial charge is 0.862 e. The molecule has 17 atom stereocenters. The first-order chi connectivity index (χ1) is 42.4. The zero-order valence-corrected chi connectivity index (χ0v) is 56.4. The van der Waals surface area contributed by atoms with Gasteiger partial charge in [-0.25, -0.2) is 4.57 Å². The number of carbonyl (C=O) groups excluding carboxylic acids is 2. The molecule has 0 radical (unpaired) electrons. The first kappa shape index (κ1) is 84.0. The Hall–Kier alpha value is -1.12. The zero-order chi connectivity index (χ0) is 64.5. The van der Waals surface area contributed by atoms with E-state index in [1.165, 1.54) is 109 Å². The molecule has 0 saturated carbocycles. The number of unbranched alkanes of at least 4 members (excludes halogenated alkanes) is 26. The number of rotatable bonds is 52. The van der Waals surface area contributed by atoms with Gasteiger partial charge in [-0.3, -0.25) is 18.6 Å². The summed E-state index contributed by atoms with van der Waals surface area (Å²) in [6.07, 6.45) is 4.68. The minimum absolute atomic E-state index is 0. The van der Waals surface area contributed by atoms with E-state index < -0.39 is 157 Å². The van der Waals surface area contributed by atoms with E-state index in [-0.39, 0.29) is 75.0 Å². The van der Waals surface area contributed by atoms with Gasteiger partial charge >= 0.3 is 49.3 Å². The number of esters is 2. The fourth-order valence-electron chi connectivity index (χ4n) is 10.6. The van der Waals surface area contributed by atoms with E-state index in [0.717, 1.165) is 44.9 Å². The van der Waals surface area contributed by atoms with Crippen molar-refractivity contribution in [2.24, 2.45) is 4.99 Å². The van der Waals surface area contributed by atoms with Gasteiger partial charge in [0.15, 0.2) is 25.0 Å². The Morgan fingerprint density at radius 3 is 1.42 bits per heavy atom. The van der Waals surface area contributed by atoms with Gasteiger partial charge in [-0.1, -0.05) is 174 Å². The number of hydrogen-bond acceptors (Lipinski definition) is 25. The molecule has 11 N–H and O–H groups in total. The van der Waals surface area contributed by atoms with Crippen LogP contribution in [0.25, 0.3) is 0 Å². The Bertz CT molecular complexity index is 1870. The van der Waals surface area contributed by atoms with Crippen molar-refractivity contribution in [2.75, 3.05) is 52.8 Å². The van der Waals surface area contributed by atoms with Gasteiger partial charge in [0.2, 0.25) is 0 Å². The summed E-state index contributed by atoms with van der Waals surface area (Å²) in [4.78, 5) is 40.0. The first-order valence-corrected chi connectivity index (χ1v) is 34.6. The van der Waals surface area contributed by atoms with Crippen LogP contribution in [0.2, 0.25) is 0 Å². The molecule has 3 fully saturated rings. The molecule has 0 amide bonds. The maximum atomic E-state index is 12.9. The molecule has 518 valence electrons. The number of carbonyl (C=O) groups is 2. The number of aliphatic hydroxyl groups excluding tert-OH is 10. The number of phosphoric acid groups is 1. The van der Waals surface area contributed by atoms with Crippen molar-refractivity contribution in [2.45, 2.75) is 318 Å². The van der Waals surface area contributed by atoms with Crippen LogP contribution in [-0.2, 0) is 61.1 Å². The Morgan fingerprint density at radius 1 is 0.483 bits per heavy atom. The number of aliphatic imine (C=N–C) groups is 1. The van der Waals surface area contributed by atoms with Crippen LogP contribution in [0.4, 0.5) is 0 Å². The number of aliphatic hydroxyl groups is 10. The van der Waals surface area contributed by atoms with E-state index >= 15 is 0 Å². The topological polar surface area (TPSA) is 401 Å². The summed E-state index contributed by atoms with van der Waals surface area (Å²) in [5, 5.41) is 117. The summed E-state index contributed by atoms with van der Waals surface area (Å²) in [5.41, 5.74) is 0. The minimum atomic E-state index is -4.76. The van der Waals surface area contributed by atoms with Crippen molar-refractivity contribution >= 4 is 25.7 Å². The van der Waals surface area contributed by atoms with Crippen LogP contribution < -0.4 is 34.7 Å². The fourth-order valence-corrected chi connectivity index (χ4v) is 11.4. The molecule has 89 heavy (non-hydrogen) atoms. The van der Waals surface area contributed by atoms with Crippen LogP contribution in [0.15, 0.2) is 4.99 Å². The summed E-state index contributed by atoms with van der Waals surface area (Å²) in [6.45, 7) is 0.406. The number of nitrogens with zero attached hydrogens (tertiary/aromatic N) is 1. The summed E-state index contributed by atoms with van der Waals surface area (Å²) in [7, 11) is -4.76. The van der Waals surface area contributed by atoms with Crippen LogP contribution in [0, 0.1) is 0 Å². The normalized spacial score (nSPS) is 28.5. The molecule has 0 aliphatic carbocycles. The van der Waals surface area contributed by atoms with Gasteiger partial charge in [0, 0.05) is 19.4 Å². The third-order valence-electron chi connectivity index (χ3n) is 16.1. The molecule has 2 unspecified atom stereocenters. The molecule has 3 aliphatic rings. The molecule has 0 bridgehead atoms. The summed E-state index contributed by atoms with van der Waals surface area (Å²) < 4.78 is 67.8. The summed E-state index contributed by atoms with van der Waals surface area (Å²) >= 11 is 0. The molecule has 28 heteroatoms. The van der Waals surface area contributed by atoms with Crippen LogP contribution in [0.5, 0.6) is 0 Å². The van der Waals surface area contributed by atoms with Gasteiger partial charge < -0.3 is 104 Å². The molecule has 0 aromatic carbocycles. The number of ether oxygens (including phenoxy) is 8. The van der Waals surface area contributed by atoms with Gasteiger partial charge in [0.05, 0.1) is 39.6 Å². The second kappa shape index (κ2) is 50.3. The van der Waals surface area contributed by atoms with Gasteiger partial charge in [0.1, 0.15) is 79.9 Å². The van der Waals surface area contributed by atoms with Gasteiger partial charge in [-0.2, -0.15) is 0 Å². The predicted molar refractivity (Wildman–Crippen MR) is 319 cm³/mol. The molecule has 3 rings (SSSR count). The maximum Gasteiger partial charge on any atom is 1.00 e. The Balaban J connectivity index is 0.0000270. The Kier molecular flexibility index (Phi) is 47.4. The second-order valence-corrected chi connectivity index (χ2v) is 25.1. The minimum Gasteiger partial charge on any atom is -0.862 e. The van der Waals surface area contributed by atoms with Crippen molar-refractivity contribution in [1.82, 2.24) is 0 Å². The monoisotopic (exact) mass is 1310 g/mol. The quantitative estimate of drug-likeness (QED) is 0.0102. The molecule has 3 saturated heterocycles. The van der Waals surface area contributed by atoms with Crippen molar-refractivity contribution in [3.63, 3.8) is 0 Å². The molecule has 0 aromatic rings. The van der Waals surface area contributed by atoms with Crippen LogP contribution in [0.1, 0.15) is 219 Å². The molecule has 26 nitrogen and oxygen atoms in total. The number of hydrogen-bond donors (Lipinski definition) is 11. The average Bonchev–Trinajstić information content (AvgIpc) is 1.06. The van der Waals surface area contributed by atoms with E-state index in [1.807, 2.05) is 0 Å². The SMILES string of the molecule is CCCCCCCCCCCCCCCC(=O)OCC(COP(=O)(O)OCCN=C([O-])CCCCCO[C@H]1O[C@H](CO[C@H]2O[C@H](CO)[C@@H](O)[C@H](O)[C@@H]2O)[C@@H](O)[C@H](O[C@H]2O[C@H](CO)[C@@H](O)[C@H](O)[C@@H]2O)[C@@H]1O)OC(=O)CCCCCCCCCCCCCCC.[Na+]. The summed E-state index contributed by atoms with van der Waals surface area (Å²) in [5.74, 6) is -1.56. The van der Waals surface area contributed by atoms with Crippen molar-refractivity contribution in [1.29, 1.82) is 0 Å². The van der Waals surface area contributed by atoms with Crippen molar-refractivity contribution < 1.29 is 152 Å². The molecule has 0 aromatic heterocycles. The number of phosphoric ester groups is 1. The van der Waals surface area contributed by atoms with Crippen molar-refractivity contribution in [3.05, 3.63) is 0 Å². The molecule has 0 spiro atoms. The molecular weight excluding hydrogens is 1200 g/mol. The standard InChI is InChI=1S/C61H114NO25P.Na/c1-3-5-7-9-11-13-15-17-19-21-23-25-29-33-48(66)79-40-43(83-49(67)34-30-26-24-22-20-18-16-14-12-10-8-6-4-2)41-82-88(76,77)81-37-35-62-47(65)32-28-27-31-36-78-60-57(75)58(87-61-56(74)54(72)51(69)45(39-64)85-61)52(70)46(86-60)42-80-59-55(73)53(71)50(68)44(38-63)84-59;/h43-46,50-61,63-64,68-75H,3-42H2,1-2H3,(H,62,65)(H,76,77);/q;+1/p-1/t43?,44-,45-,46-,50-,51-,52-,53+,54+,55+,56+,57+,58+,59+,60+,61-;/m1./s1. The van der Waals surface area contributed by atoms with Crippen LogP contribution in [-0.4, -0.2) is 225 Å². The predicted octanol–water partition coefficient (Wildman–Crippen LogP) is 1.33. The van der Waals surface area contributed by atoms with E-state index in [0.29, 0.717) is 25.7 Å². The fraction of sp³-hybridized carbons (Fsp3) is 0.951. The summed E-state index contributed by atoms with van der Waals surface area (Å²) in [6, 6.07) is 0. The largest absolute Gasteiger partial charge is 1.00 e. The first-order valence-electron chi connectivity index (χ1n) is 33.1. The second-order valence-electron chi connectivity index (χ2n) is 23.7. The third kappa shape index (κ3) is 34.9. The van der Waals surface area contributed by atoms with E-state index in [4.69, 9.17) is 46.9 Å². The van der Waals surface area contributed by atoms with E-state index in [9.17, 15) is 75.2 Å². The molecule has 3 aliphatic heterocycles. The molecular formula is C61H113NNaO25P. The third-order valence-corrected chi connectivity index (χ3v) is 17.1.